The van der Waals surface area contributed by atoms with Gasteiger partial charge in [-0.25, -0.2) is 9.97 Å². The molecule has 3 N–H and O–H groups in total. The van der Waals surface area contributed by atoms with Crippen LogP contribution in [0.3, 0.4) is 0 Å². The summed E-state index contributed by atoms with van der Waals surface area (Å²) < 4.78 is 34.9. The minimum atomic E-state index is -4.33. The summed E-state index contributed by atoms with van der Waals surface area (Å²) in [5, 5.41) is 1.75. The van der Waals surface area contributed by atoms with Gasteiger partial charge in [0.25, 0.3) is 10.1 Å². The molecular weight excluding hydrogens is 577 g/mol. The second-order valence-electron chi connectivity index (χ2n) is 8.61. The maximum atomic E-state index is 11.9. The molecule has 0 aliphatic rings. The van der Waals surface area contributed by atoms with Crippen LogP contribution in [0.25, 0.3) is 31.0 Å². The molecule has 0 aliphatic heterocycles. The van der Waals surface area contributed by atoms with Crippen molar-refractivity contribution < 1.29 is 17.8 Å². The highest BCUT2D eigenvalue weighted by Crippen LogP contribution is 2.37. The maximum absolute atomic E-state index is 11.9. The number of rotatable bonds is 5. The first kappa shape index (κ1) is 29.9. The molecule has 0 aliphatic carbocycles. The summed E-state index contributed by atoms with van der Waals surface area (Å²) in [5.74, 6) is -0.419. The van der Waals surface area contributed by atoms with E-state index in [0.29, 0.717) is 26.4 Å². The van der Waals surface area contributed by atoms with E-state index in [1.54, 1.807) is 42.5 Å². The van der Waals surface area contributed by atoms with Gasteiger partial charge in [0, 0.05) is 29.9 Å². The van der Waals surface area contributed by atoms with Gasteiger partial charge in [0.05, 0.1) is 25.4 Å². The van der Waals surface area contributed by atoms with Crippen LogP contribution in [0, 0.1) is 6.92 Å². The number of primary amides is 1. The fourth-order valence-corrected chi connectivity index (χ4v) is 7.33. The van der Waals surface area contributed by atoms with E-state index in [9.17, 15) is 17.8 Å². The summed E-state index contributed by atoms with van der Waals surface area (Å²) in [6, 6.07) is 22.8. The second-order valence-corrected chi connectivity index (χ2v) is 12.1. The number of aromatic nitrogens is 3. The number of thiazole rings is 2. The van der Waals surface area contributed by atoms with Crippen LogP contribution in [0.5, 0.6) is 0 Å². The normalized spacial score (nSPS) is 10.9. The van der Waals surface area contributed by atoms with Gasteiger partial charge in [-0.15, -0.1) is 22.7 Å². The van der Waals surface area contributed by atoms with Crippen LogP contribution in [-0.4, -0.2) is 33.8 Å². The number of nitrogens with zero attached hydrogens (tertiary/aromatic N) is 3. The molecular formula is C30H28N4O4S3. The molecule has 6 rings (SSSR count). The van der Waals surface area contributed by atoms with Gasteiger partial charge in [-0.1, -0.05) is 50.2 Å². The highest BCUT2D eigenvalue weighted by atomic mass is 32.2. The van der Waals surface area contributed by atoms with Crippen molar-refractivity contribution in [2.45, 2.75) is 32.1 Å². The molecule has 0 radical (unpaired) electrons. The fraction of sp³-hybridized carbons (Fsp3) is 0.133. The maximum Gasteiger partial charge on any atom is 0.296 e. The van der Waals surface area contributed by atoms with Gasteiger partial charge in [0.2, 0.25) is 5.91 Å². The average molecular weight is 605 g/mol. The predicted octanol–water partition coefficient (Wildman–Crippen LogP) is 6.93. The van der Waals surface area contributed by atoms with Crippen molar-refractivity contribution in [2.24, 2.45) is 5.73 Å². The Kier molecular flexibility index (Phi) is 9.56. The van der Waals surface area contributed by atoms with Crippen molar-refractivity contribution in [2.75, 3.05) is 0 Å². The van der Waals surface area contributed by atoms with E-state index in [1.807, 2.05) is 50.2 Å². The molecule has 0 bridgehead atoms. The van der Waals surface area contributed by atoms with Gasteiger partial charge >= 0.3 is 0 Å². The molecule has 3 aromatic heterocycles. The summed E-state index contributed by atoms with van der Waals surface area (Å²) >= 11 is 2.92. The molecule has 3 aromatic carbocycles. The summed E-state index contributed by atoms with van der Waals surface area (Å²) in [6.07, 6.45) is 3.84. The molecule has 0 spiro atoms. The highest BCUT2D eigenvalue weighted by Gasteiger charge is 2.21. The van der Waals surface area contributed by atoms with Gasteiger partial charge in [-0.2, -0.15) is 8.42 Å². The number of hydrogen-bond donors (Lipinski definition) is 2. The molecule has 210 valence electrons. The first-order valence-electron chi connectivity index (χ1n) is 12.7. The standard InChI is InChI=1S/C22H16N2O3S3.C6H6N2O.C2H6/c1-13-7-9-17-20(21(13)30(25,26)27)29-22(24-17)15-8-10-16-18(12-15)28-19(23-16)11-14-5-3-2-4-6-14;7-6(9)5-1-3-8-4-2-5;1-2/h2-10,12H,11H2,1H3,(H,25,26,27);1-4H,(H2,7,9);1-2H3. The van der Waals surface area contributed by atoms with E-state index in [-0.39, 0.29) is 4.90 Å². The number of hydrogen-bond acceptors (Lipinski definition) is 8. The smallest absolute Gasteiger partial charge is 0.296 e. The molecule has 0 unspecified atom stereocenters. The van der Waals surface area contributed by atoms with Crippen molar-refractivity contribution in [3.63, 3.8) is 0 Å². The molecule has 0 saturated heterocycles. The largest absolute Gasteiger partial charge is 0.366 e. The van der Waals surface area contributed by atoms with Gasteiger partial charge < -0.3 is 5.73 Å². The van der Waals surface area contributed by atoms with Crippen LogP contribution in [-0.2, 0) is 16.5 Å². The summed E-state index contributed by atoms with van der Waals surface area (Å²) in [4.78, 5) is 23.4. The Morgan fingerprint density at radius 1 is 0.902 bits per heavy atom. The zero-order valence-electron chi connectivity index (χ0n) is 22.6. The molecule has 0 saturated carbocycles. The molecule has 8 nitrogen and oxygen atoms in total. The Morgan fingerprint density at radius 2 is 1.59 bits per heavy atom. The fourth-order valence-electron chi connectivity index (χ4n) is 3.98. The predicted molar refractivity (Wildman–Crippen MR) is 166 cm³/mol. The number of pyridine rings is 1. The van der Waals surface area contributed by atoms with E-state index in [2.05, 4.69) is 22.1 Å². The third-order valence-corrected chi connectivity index (χ3v) is 9.14. The lowest BCUT2D eigenvalue weighted by Gasteiger charge is -2.02. The zero-order valence-corrected chi connectivity index (χ0v) is 25.1. The quantitative estimate of drug-likeness (QED) is 0.204. The van der Waals surface area contributed by atoms with Crippen LogP contribution in [0.2, 0.25) is 0 Å². The SMILES string of the molecule is CC.Cc1ccc2nc(-c3ccc4nc(Cc5ccccc5)sc4c3)sc2c1S(=O)(=O)O.NC(=O)c1ccncc1. The molecule has 41 heavy (non-hydrogen) atoms. The van der Waals surface area contributed by atoms with E-state index >= 15 is 0 Å². The molecule has 11 heteroatoms. The summed E-state index contributed by atoms with van der Waals surface area (Å²) in [5.41, 5.74) is 9.55. The first-order valence-corrected chi connectivity index (χ1v) is 15.8. The van der Waals surface area contributed by atoms with Crippen LogP contribution >= 0.6 is 22.7 Å². The van der Waals surface area contributed by atoms with E-state index < -0.39 is 16.0 Å². The molecule has 6 aromatic rings. The highest BCUT2D eigenvalue weighted by molar-refractivity contribution is 7.86. The Labute approximate surface area is 246 Å². The number of aryl methyl sites for hydroxylation is 1. The number of carbonyl (C=O) groups is 1. The number of amides is 1. The Morgan fingerprint density at radius 3 is 2.22 bits per heavy atom. The minimum absolute atomic E-state index is 0.0623. The molecule has 1 amide bonds. The van der Waals surface area contributed by atoms with Crippen molar-refractivity contribution in [1.82, 2.24) is 15.0 Å². The van der Waals surface area contributed by atoms with Gasteiger partial charge in [-0.3, -0.25) is 14.3 Å². The van der Waals surface area contributed by atoms with Crippen LogP contribution in [0.4, 0.5) is 0 Å². The van der Waals surface area contributed by atoms with Crippen LogP contribution < -0.4 is 5.73 Å². The van der Waals surface area contributed by atoms with Gasteiger partial charge in [0.15, 0.2) is 0 Å². The van der Waals surface area contributed by atoms with Gasteiger partial charge in [0.1, 0.15) is 9.90 Å². The Bertz CT molecular complexity index is 1900. The molecule has 0 fully saturated rings. The van der Waals surface area contributed by atoms with E-state index in [1.165, 1.54) is 29.3 Å². The van der Waals surface area contributed by atoms with Gasteiger partial charge in [-0.05, 0) is 54.4 Å². The van der Waals surface area contributed by atoms with E-state index in [0.717, 1.165) is 27.2 Å². The lowest BCUT2D eigenvalue weighted by Crippen LogP contribution is -2.10. The van der Waals surface area contributed by atoms with Crippen molar-refractivity contribution in [3.8, 4) is 10.6 Å². The number of carbonyl (C=O) groups excluding carboxylic acids is 1. The van der Waals surface area contributed by atoms with Crippen molar-refractivity contribution in [3.05, 3.63) is 107 Å². The minimum Gasteiger partial charge on any atom is -0.366 e. The number of fused-ring (bicyclic) bond motifs is 2. The molecule has 0 atom stereocenters. The lowest BCUT2D eigenvalue weighted by molar-refractivity contribution is 0.1000. The summed E-state index contributed by atoms with van der Waals surface area (Å²) in [7, 11) is -4.33. The lowest BCUT2D eigenvalue weighted by atomic mass is 10.2. The topological polar surface area (TPSA) is 136 Å². The van der Waals surface area contributed by atoms with Crippen molar-refractivity contribution in [1.29, 1.82) is 0 Å². The zero-order chi connectivity index (χ0) is 29.6. The van der Waals surface area contributed by atoms with Crippen LogP contribution in [0.1, 0.15) is 40.3 Å². The molecule has 3 heterocycles. The summed E-state index contributed by atoms with van der Waals surface area (Å²) in [6.45, 7) is 5.67. The second kappa shape index (κ2) is 13.1. The monoisotopic (exact) mass is 604 g/mol. The van der Waals surface area contributed by atoms with E-state index in [4.69, 9.17) is 10.7 Å². The van der Waals surface area contributed by atoms with Crippen molar-refractivity contribution >= 4 is 59.1 Å². The average Bonchev–Trinajstić information content (AvgIpc) is 3.58. The van der Waals surface area contributed by atoms with Crippen LogP contribution in [0.15, 0.2) is 90.1 Å². The third-order valence-electron chi connectivity index (χ3n) is 5.81. The Hall–Kier alpha value is -4.03. The third kappa shape index (κ3) is 7.19. The number of benzene rings is 3. The first-order chi connectivity index (χ1) is 19.7. The Balaban J connectivity index is 0.000000299. The number of nitrogens with two attached hydrogens (primary N) is 1.